The molecule has 4 nitrogen and oxygen atoms in total. The van der Waals surface area contributed by atoms with Crippen LogP contribution in [0, 0.1) is 0 Å². The number of rotatable bonds is 5. The van der Waals surface area contributed by atoms with Gasteiger partial charge in [-0.3, -0.25) is 4.79 Å². The number of allylic oxidation sites excluding steroid dienone is 1. The van der Waals surface area contributed by atoms with E-state index in [1.54, 1.807) is 43.5 Å². The third-order valence-corrected chi connectivity index (χ3v) is 5.61. The van der Waals surface area contributed by atoms with Crippen molar-refractivity contribution in [2.75, 3.05) is 7.11 Å². The summed E-state index contributed by atoms with van der Waals surface area (Å²) >= 11 is 15.5. The van der Waals surface area contributed by atoms with E-state index in [-0.39, 0.29) is 18.1 Å². The minimum atomic E-state index is -0.195. The first-order chi connectivity index (χ1) is 14.4. The van der Waals surface area contributed by atoms with Crippen molar-refractivity contribution < 1.29 is 19.0 Å². The summed E-state index contributed by atoms with van der Waals surface area (Å²) in [7, 11) is 1.58. The molecule has 152 valence electrons. The molecule has 7 heteroatoms. The summed E-state index contributed by atoms with van der Waals surface area (Å²) in [4.78, 5) is 12.7. The second-order valence-electron chi connectivity index (χ2n) is 6.51. The highest BCUT2D eigenvalue weighted by atomic mass is 79.9. The van der Waals surface area contributed by atoms with Gasteiger partial charge >= 0.3 is 0 Å². The molecule has 0 bridgehead atoms. The zero-order valence-corrected chi connectivity index (χ0v) is 18.8. The van der Waals surface area contributed by atoms with Crippen LogP contribution in [0.25, 0.3) is 6.08 Å². The van der Waals surface area contributed by atoms with Gasteiger partial charge in [0, 0.05) is 31.7 Å². The van der Waals surface area contributed by atoms with Gasteiger partial charge in [0.1, 0.15) is 23.9 Å². The van der Waals surface area contributed by atoms with Crippen molar-refractivity contribution in [2.24, 2.45) is 0 Å². The van der Waals surface area contributed by atoms with Crippen LogP contribution in [0.15, 0.2) is 64.8 Å². The molecule has 0 atom stereocenters. The van der Waals surface area contributed by atoms with Gasteiger partial charge in [-0.1, -0.05) is 45.2 Å². The van der Waals surface area contributed by atoms with Crippen molar-refractivity contribution in [3.63, 3.8) is 0 Å². The summed E-state index contributed by atoms with van der Waals surface area (Å²) in [6.07, 6.45) is 1.67. The van der Waals surface area contributed by atoms with Gasteiger partial charge in [0.25, 0.3) is 0 Å². The van der Waals surface area contributed by atoms with E-state index in [4.69, 9.17) is 37.4 Å². The molecule has 3 aromatic rings. The van der Waals surface area contributed by atoms with Gasteiger partial charge in [0.2, 0.25) is 5.78 Å². The molecule has 3 aromatic carbocycles. The van der Waals surface area contributed by atoms with Crippen molar-refractivity contribution in [1.29, 1.82) is 0 Å². The van der Waals surface area contributed by atoms with E-state index in [0.717, 1.165) is 15.6 Å². The van der Waals surface area contributed by atoms with E-state index in [1.165, 1.54) is 0 Å². The summed E-state index contributed by atoms with van der Waals surface area (Å²) < 4.78 is 17.9. The molecule has 0 fully saturated rings. The fourth-order valence-electron chi connectivity index (χ4n) is 3.02. The number of hydrogen-bond acceptors (Lipinski definition) is 4. The smallest absolute Gasteiger partial charge is 0.231 e. The summed E-state index contributed by atoms with van der Waals surface area (Å²) in [6, 6.07) is 15.9. The Balaban J connectivity index is 1.55. The van der Waals surface area contributed by atoms with Gasteiger partial charge in [-0.25, -0.2) is 0 Å². The fraction of sp³-hybridized carbons (Fsp3) is 0.0870. The average molecular weight is 506 g/mol. The van der Waals surface area contributed by atoms with Crippen LogP contribution in [0.5, 0.6) is 17.2 Å². The van der Waals surface area contributed by atoms with Crippen LogP contribution in [0.4, 0.5) is 0 Å². The molecule has 1 aliphatic heterocycles. The van der Waals surface area contributed by atoms with E-state index in [2.05, 4.69) is 15.9 Å². The van der Waals surface area contributed by atoms with Crippen LogP contribution < -0.4 is 14.2 Å². The summed E-state index contributed by atoms with van der Waals surface area (Å²) in [5.41, 5.74) is 2.02. The summed E-state index contributed by atoms with van der Waals surface area (Å²) in [5, 5.41) is 1.10. The number of hydrogen-bond donors (Lipinski definition) is 0. The van der Waals surface area contributed by atoms with E-state index in [9.17, 15) is 4.79 Å². The second kappa shape index (κ2) is 8.72. The SMILES string of the molecule is COc1ccc(Br)cc1C=C1Oc2cc(OCc3ccc(Cl)cc3Cl)ccc2C1=O. The standard InChI is InChI=1S/C23H15BrCl2O4/c1-28-20-7-3-15(24)8-14(20)9-22-23(27)18-6-5-17(11-21(18)30-22)29-12-13-2-4-16(25)10-19(13)26/h2-11H,12H2,1H3. The van der Waals surface area contributed by atoms with Gasteiger partial charge in [0.15, 0.2) is 5.76 Å². The Kier molecular flexibility index (Phi) is 6.04. The Morgan fingerprint density at radius 3 is 2.67 bits per heavy atom. The Bertz CT molecular complexity index is 1170. The highest BCUT2D eigenvalue weighted by molar-refractivity contribution is 9.10. The number of ketones is 1. The number of Topliss-reactive ketones (excluding diaryl/α,β-unsaturated/α-hetero) is 1. The van der Waals surface area contributed by atoms with Crippen LogP contribution in [-0.2, 0) is 6.61 Å². The molecular formula is C23H15BrCl2O4. The van der Waals surface area contributed by atoms with Crippen molar-refractivity contribution >= 4 is 51.0 Å². The summed E-state index contributed by atoms with van der Waals surface area (Å²) in [6.45, 7) is 0.265. The van der Waals surface area contributed by atoms with Gasteiger partial charge in [-0.2, -0.15) is 0 Å². The van der Waals surface area contributed by atoms with Crippen LogP contribution in [0.1, 0.15) is 21.5 Å². The van der Waals surface area contributed by atoms with Crippen molar-refractivity contribution in [3.8, 4) is 17.2 Å². The van der Waals surface area contributed by atoms with Crippen molar-refractivity contribution in [3.05, 3.63) is 91.6 Å². The molecule has 0 radical (unpaired) electrons. The van der Waals surface area contributed by atoms with Crippen LogP contribution >= 0.6 is 39.1 Å². The molecule has 30 heavy (non-hydrogen) atoms. The van der Waals surface area contributed by atoms with Crippen LogP contribution in [0.2, 0.25) is 10.0 Å². The Morgan fingerprint density at radius 1 is 1.07 bits per heavy atom. The fourth-order valence-corrected chi connectivity index (χ4v) is 3.86. The first-order valence-electron chi connectivity index (χ1n) is 8.93. The normalized spacial score (nSPS) is 13.9. The van der Waals surface area contributed by atoms with Crippen molar-refractivity contribution in [2.45, 2.75) is 6.61 Å². The largest absolute Gasteiger partial charge is 0.496 e. The first-order valence-corrected chi connectivity index (χ1v) is 10.5. The topological polar surface area (TPSA) is 44.8 Å². The molecule has 1 aliphatic rings. The monoisotopic (exact) mass is 504 g/mol. The minimum Gasteiger partial charge on any atom is -0.496 e. The zero-order valence-electron chi connectivity index (χ0n) is 15.7. The number of carbonyl (C=O) groups excluding carboxylic acids is 1. The zero-order chi connectivity index (χ0) is 21.3. The molecule has 0 unspecified atom stereocenters. The molecular weight excluding hydrogens is 491 g/mol. The lowest BCUT2D eigenvalue weighted by molar-refractivity contribution is 0.101. The Hall–Kier alpha value is -2.47. The highest BCUT2D eigenvalue weighted by Crippen LogP contribution is 2.36. The Morgan fingerprint density at radius 2 is 1.90 bits per heavy atom. The molecule has 0 saturated carbocycles. The lowest BCUT2D eigenvalue weighted by Crippen LogP contribution is -1.99. The number of ether oxygens (including phenoxy) is 3. The predicted molar refractivity (Wildman–Crippen MR) is 121 cm³/mol. The number of halogens is 3. The maximum absolute atomic E-state index is 12.7. The van der Waals surface area contributed by atoms with Gasteiger partial charge in [-0.15, -0.1) is 0 Å². The molecule has 0 aliphatic carbocycles. The molecule has 0 amide bonds. The van der Waals surface area contributed by atoms with E-state index >= 15 is 0 Å². The maximum Gasteiger partial charge on any atom is 0.231 e. The first kappa shape index (κ1) is 20.8. The molecule has 0 aromatic heterocycles. The molecule has 4 rings (SSSR count). The maximum atomic E-state index is 12.7. The predicted octanol–water partition coefficient (Wildman–Crippen LogP) is 6.96. The van der Waals surface area contributed by atoms with Gasteiger partial charge in [0.05, 0.1) is 12.7 Å². The van der Waals surface area contributed by atoms with E-state index in [1.807, 2.05) is 24.3 Å². The molecule has 0 spiro atoms. The van der Waals surface area contributed by atoms with E-state index in [0.29, 0.717) is 32.9 Å². The lowest BCUT2D eigenvalue weighted by atomic mass is 10.1. The second-order valence-corrected chi connectivity index (χ2v) is 8.27. The van der Waals surface area contributed by atoms with Gasteiger partial charge < -0.3 is 14.2 Å². The summed E-state index contributed by atoms with van der Waals surface area (Å²) in [5.74, 6) is 1.68. The molecule has 0 saturated heterocycles. The lowest BCUT2D eigenvalue weighted by Gasteiger charge is -2.09. The minimum absolute atomic E-state index is 0.195. The highest BCUT2D eigenvalue weighted by Gasteiger charge is 2.28. The number of carbonyl (C=O) groups is 1. The van der Waals surface area contributed by atoms with Crippen LogP contribution in [0.3, 0.4) is 0 Å². The molecule has 1 heterocycles. The third-order valence-electron chi connectivity index (χ3n) is 4.53. The number of benzene rings is 3. The number of methoxy groups -OCH3 is 1. The van der Waals surface area contributed by atoms with Gasteiger partial charge in [-0.05, 0) is 48.5 Å². The third kappa shape index (κ3) is 4.33. The molecule has 0 N–H and O–H groups in total. The van der Waals surface area contributed by atoms with Crippen LogP contribution in [-0.4, -0.2) is 12.9 Å². The average Bonchev–Trinajstić information content (AvgIpc) is 3.02. The number of fused-ring (bicyclic) bond motifs is 1. The Labute approximate surface area is 192 Å². The quantitative estimate of drug-likeness (QED) is 0.351. The van der Waals surface area contributed by atoms with E-state index < -0.39 is 0 Å². The van der Waals surface area contributed by atoms with Crippen molar-refractivity contribution in [1.82, 2.24) is 0 Å².